The molecule has 0 aliphatic carbocycles. The molecular formula is C19H27N5O2. The molecule has 3 rings (SSSR count). The average Bonchev–Trinajstić information content (AvgIpc) is 3.00. The summed E-state index contributed by atoms with van der Waals surface area (Å²) < 4.78 is 5.02. The fraction of sp³-hybridized carbons (Fsp3) is 0.526. The van der Waals surface area contributed by atoms with Crippen LogP contribution in [0.15, 0.2) is 28.8 Å². The molecule has 1 aromatic heterocycles. The molecule has 2 heterocycles. The summed E-state index contributed by atoms with van der Waals surface area (Å²) in [6.45, 7) is 7.56. The van der Waals surface area contributed by atoms with Gasteiger partial charge in [-0.05, 0) is 26.6 Å². The Labute approximate surface area is 154 Å². The fourth-order valence-corrected chi connectivity index (χ4v) is 3.41. The summed E-state index contributed by atoms with van der Waals surface area (Å²) in [7, 11) is 3.92. The minimum Gasteiger partial charge on any atom is -0.340 e. The second-order valence-electron chi connectivity index (χ2n) is 7.11. The van der Waals surface area contributed by atoms with Crippen molar-refractivity contribution in [1.29, 1.82) is 0 Å². The zero-order valence-electron chi connectivity index (χ0n) is 16.0. The molecule has 0 saturated carbocycles. The van der Waals surface area contributed by atoms with Gasteiger partial charge in [0.25, 0.3) is 0 Å². The molecule has 0 bridgehead atoms. The first-order chi connectivity index (χ1) is 12.4. The van der Waals surface area contributed by atoms with Crippen LogP contribution in [-0.2, 0) is 11.3 Å². The zero-order valence-corrected chi connectivity index (χ0v) is 16.0. The van der Waals surface area contributed by atoms with Crippen molar-refractivity contribution in [3.8, 4) is 0 Å². The third-order valence-electron chi connectivity index (χ3n) is 4.73. The maximum Gasteiger partial charge on any atom is 0.244 e. The lowest BCUT2D eigenvalue weighted by Crippen LogP contribution is -2.51. The van der Waals surface area contributed by atoms with Crippen molar-refractivity contribution in [2.45, 2.75) is 26.4 Å². The van der Waals surface area contributed by atoms with E-state index in [1.807, 2.05) is 36.0 Å². The first kappa shape index (κ1) is 18.5. The van der Waals surface area contributed by atoms with E-state index < -0.39 is 0 Å². The molecule has 0 N–H and O–H groups in total. The van der Waals surface area contributed by atoms with Gasteiger partial charge in [-0.2, -0.15) is 4.98 Å². The number of hydrogen-bond acceptors (Lipinski definition) is 6. The highest BCUT2D eigenvalue weighted by molar-refractivity contribution is 5.83. The molecule has 1 amide bonds. The molecule has 1 aromatic carbocycles. The normalized spacial score (nSPS) is 16.9. The minimum atomic E-state index is -0.249. The molecule has 1 aliphatic heterocycles. The number of amides is 1. The van der Waals surface area contributed by atoms with E-state index in [2.05, 4.69) is 34.1 Å². The van der Waals surface area contributed by atoms with Crippen LogP contribution in [0.5, 0.6) is 0 Å². The van der Waals surface area contributed by atoms with Gasteiger partial charge in [0.2, 0.25) is 11.8 Å². The van der Waals surface area contributed by atoms with E-state index >= 15 is 0 Å². The number of benzene rings is 1. The quantitative estimate of drug-likeness (QED) is 0.810. The number of hydrogen-bond donors (Lipinski definition) is 0. The summed E-state index contributed by atoms with van der Waals surface area (Å²) in [6.07, 6.45) is 0. The van der Waals surface area contributed by atoms with E-state index in [4.69, 9.17) is 4.52 Å². The van der Waals surface area contributed by atoms with Crippen molar-refractivity contribution in [2.75, 3.05) is 40.3 Å². The van der Waals surface area contributed by atoms with Gasteiger partial charge in [-0.1, -0.05) is 35.0 Å². The number of carbonyl (C=O) groups excluding carboxylic acids is 1. The summed E-state index contributed by atoms with van der Waals surface area (Å²) in [5, 5.41) is 3.95. The van der Waals surface area contributed by atoms with E-state index in [1.54, 1.807) is 6.92 Å². The van der Waals surface area contributed by atoms with E-state index in [9.17, 15) is 4.79 Å². The highest BCUT2D eigenvalue weighted by atomic mass is 16.5. The molecule has 140 valence electrons. The lowest BCUT2D eigenvalue weighted by Gasteiger charge is -2.37. The Morgan fingerprint density at radius 1 is 1.23 bits per heavy atom. The molecule has 7 nitrogen and oxygen atoms in total. The second kappa shape index (κ2) is 7.97. The van der Waals surface area contributed by atoms with Crippen molar-refractivity contribution >= 4 is 5.91 Å². The topological polar surface area (TPSA) is 65.7 Å². The monoisotopic (exact) mass is 357 g/mol. The van der Waals surface area contributed by atoms with Gasteiger partial charge < -0.3 is 9.42 Å². The van der Waals surface area contributed by atoms with Crippen LogP contribution in [0.2, 0.25) is 0 Å². The first-order valence-electron chi connectivity index (χ1n) is 8.97. The number of likely N-dealkylation sites (N-methyl/N-ethyl adjacent to an activating group) is 1. The summed E-state index contributed by atoms with van der Waals surface area (Å²) in [5.41, 5.74) is 2.21. The number of carbonyl (C=O) groups is 1. The van der Waals surface area contributed by atoms with Gasteiger partial charge in [-0.15, -0.1) is 0 Å². The fourth-order valence-electron chi connectivity index (χ4n) is 3.41. The van der Waals surface area contributed by atoms with Crippen molar-refractivity contribution < 1.29 is 9.32 Å². The Morgan fingerprint density at radius 3 is 2.54 bits per heavy atom. The van der Waals surface area contributed by atoms with E-state index in [0.29, 0.717) is 31.3 Å². The van der Waals surface area contributed by atoms with Crippen LogP contribution in [-0.4, -0.2) is 71.0 Å². The van der Waals surface area contributed by atoms with Crippen molar-refractivity contribution in [1.82, 2.24) is 24.8 Å². The van der Waals surface area contributed by atoms with Gasteiger partial charge >= 0.3 is 0 Å². The minimum absolute atomic E-state index is 0.163. The zero-order chi connectivity index (χ0) is 18.7. The van der Waals surface area contributed by atoms with Crippen LogP contribution in [0, 0.1) is 13.8 Å². The molecule has 2 aromatic rings. The van der Waals surface area contributed by atoms with Crippen molar-refractivity contribution in [3.05, 3.63) is 47.1 Å². The Kier molecular flexibility index (Phi) is 5.68. The summed E-state index contributed by atoms with van der Waals surface area (Å²) >= 11 is 0. The standard InChI is InChI=1S/C19H27N5O2/c1-14-6-5-7-16(12-14)18(22(3)4)19(25)24-10-8-23(9-11-24)13-17-20-15(2)26-21-17/h5-7,12,18H,8-11,13H2,1-4H3/t18-/m1/s1. The highest BCUT2D eigenvalue weighted by Gasteiger charge is 2.30. The average molecular weight is 357 g/mol. The molecule has 7 heteroatoms. The molecule has 1 aliphatic rings. The van der Waals surface area contributed by atoms with Gasteiger partial charge in [-0.25, -0.2) is 0 Å². The number of piperazine rings is 1. The Morgan fingerprint density at radius 2 is 1.96 bits per heavy atom. The molecule has 1 atom stereocenters. The molecule has 0 spiro atoms. The highest BCUT2D eigenvalue weighted by Crippen LogP contribution is 2.23. The molecular weight excluding hydrogens is 330 g/mol. The predicted octanol–water partition coefficient (Wildman–Crippen LogP) is 1.63. The van der Waals surface area contributed by atoms with Gasteiger partial charge in [0, 0.05) is 33.1 Å². The number of aromatic nitrogens is 2. The maximum absolute atomic E-state index is 13.1. The van der Waals surface area contributed by atoms with Crippen LogP contribution in [0.4, 0.5) is 0 Å². The van der Waals surface area contributed by atoms with Gasteiger partial charge in [0.1, 0.15) is 6.04 Å². The number of rotatable bonds is 5. The summed E-state index contributed by atoms with van der Waals surface area (Å²) in [6, 6.07) is 7.95. The van der Waals surface area contributed by atoms with Gasteiger partial charge in [0.15, 0.2) is 5.82 Å². The maximum atomic E-state index is 13.1. The molecule has 26 heavy (non-hydrogen) atoms. The second-order valence-corrected chi connectivity index (χ2v) is 7.11. The molecule has 1 saturated heterocycles. The van der Waals surface area contributed by atoms with Crippen LogP contribution in [0.3, 0.4) is 0 Å². The third-order valence-corrected chi connectivity index (χ3v) is 4.73. The van der Waals surface area contributed by atoms with Gasteiger partial charge in [0.05, 0.1) is 6.54 Å². The lowest BCUT2D eigenvalue weighted by molar-refractivity contribution is -0.138. The van der Waals surface area contributed by atoms with Crippen molar-refractivity contribution in [2.24, 2.45) is 0 Å². The molecule has 0 unspecified atom stereocenters. The third kappa shape index (κ3) is 4.28. The summed E-state index contributed by atoms with van der Waals surface area (Å²) in [4.78, 5) is 23.6. The number of nitrogens with zero attached hydrogens (tertiary/aromatic N) is 5. The Balaban J connectivity index is 1.62. The molecule has 1 fully saturated rings. The van der Waals surface area contributed by atoms with E-state index in [0.717, 1.165) is 18.7 Å². The number of aryl methyl sites for hydroxylation is 2. The Bertz CT molecular complexity index is 750. The largest absolute Gasteiger partial charge is 0.340 e. The first-order valence-corrected chi connectivity index (χ1v) is 8.97. The SMILES string of the molecule is Cc1cccc([C@H](C(=O)N2CCN(Cc3noc(C)n3)CC2)N(C)C)c1. The van der Waals surface area contributed by atoms with Crippen LogP contribution in [0.1, 0.15) is 28.9 Å². The predicted molar refractivity (Wildman–Crippen MR) is 98.5 cm³/mol. The Hall–Kier alpha value is -2.25. The smallest absolute Gasteiger partial charge is 0.244 e. The summed E-state index contributed by atoms with van der Waals surface area (Å²) in [5.74, 6) is 1.45. The molecule has 0 radical (unpaired) electrons. The van der Waals surface area contributed by atoms with Crippen LogP contribution >= 0.6 is 0 Å². The van der Waals surface area contributed by atoms with Crippen LogP contribution in [0.25, 0.3) is 0 Å². The van der Waals surface area contributed by atoms with Crippen molar-refractivity contribution in [3.63, 3.8) is 0 Å². The van der Waals surface area contributed by atoms with Gasteiger partial charge in [-0.3, -0.25) is 14.6 Å². The van der Waals surface area contributed by atoms with Crippen LogP contribution < -0.4 is 0 Å². The van der Waals surface area contributed by atoms with E-state index in [-0.39, 0.29) is 11.9 Å². The lowest BCUT2D eigenvalue weighted by atomic mass is 10.0. The van der Waals surface area contributed by atoms with E-state index in [1.165, 1.54) is 5.56 Å².